The van der Waals surface area contributed by atoms with Crippen molar-refractivity contribution in [3.05, 3.63) is 23.8 Å². The number of hydrogen-bond acceptors (Lipinski definition) is 0. The van der Waals surface area contributed by atoms with Gasteiger partial charge in [-0.15, -0.1) is 0 Å². The molecule has 10 heavy (non-hydrogen) atoms. The second kappa shape index (κ2) is 2.26. The summed E-state index contributed by atoms with van der Waals surface area (Å²) in [7, 11) is 0. The minimum atomic E-state index is 0.838. The molecule has 0 spiro atoms. The van der Waals surface area contributed by atoms with Crippen LogP contribution in [0.3, 0.4) is 0 Å². The fourth-order valence-electron chi connectivity index (χ4n) is 2.23. The molecule has 54 valence electrons. The van der Waals surface area contributed by atoms with Gasteiger partial charge in [-0.05, 0) is 18.8 Å². The van der Waals surface area contributed by atoms with Crippen molar-refractivity contribution < 1.29 is 0 Å². The molecule has 0 heteroatoms. The van der Waals surface area contributed by atoms with Gasteiger partial charge in [-0.1, -0.05) is 37.1 Å². The van der Waals surface area contributed by atoms with Crippen LogP contribution in [0.5, 0.6) is 0 Å². The normalized spacial score (nSPS) is 36.3. The molecule has 0 saturated heterocycles. The zero-order valence-corrected chi connectivity index (χ0v) is 6.51. The van der Waals surface area contributed by atoms with Gasteiger partial charge in [-0.2, -0.15) is 0 Å². The van der Waals surface area contributed by atoms with E-state index in [0.29, 0.717) is 0 Å². The molecule has 0 bridgehead atoms. The van der Waals surface area contributed by atoms with E-state index < -0.39 is 0 Å². The lowest BCUT2D eigenvalue weighted by Crippen LogP contribution is -2.02. The molecule has 0 heterocycles. The molecule has 1 saturated carbocycles. The van der Waals surface area contributed by atoms with Gasteiger partial charge >= 0.3 is 0 Å². The van der Waals surface area contributed by atoms with E-state index in [1.807, 2.05) is 0 Å². The van der Waals surface area contributed by atoms with Crippen molar-refractivity contribution in [2.45, 2.75) is 26.2 Å². The van der Waals surface area contributed by atoms with Gasteiger partial charge in [0.15, 0.2) is 0 Å². The molecule has 2 atom stereocenters. The highest BCUT2D eigenvalue weighted by molar-refractivity contribution is 5.31. The Kier molecular flexibility index (Phi) is 1.40. The van der Waals surface area contributed by atoms with E-state index in [2.05, 4.69) is 25.2 Å². The summed E-state index contributed by atoms with van der Waals surface area (Å²) >= 11 is 0. The van der Waals surface area contributed by atoms with Crippen molar-refractivity contribution in [2.24, 2.45) is 11.8 Å². The van der Waals surface area contributed by atoms with Crippen LogP contribution in [0.1, 0.15) is 26.2 Å². The third-order valence-corrected chi connectivity index (χ3v) is 2.89. The van der Waals surface area contributed by atoms with E-state index in [0.717, 1.165) is 11.8 Å². The lowest BCUT2D eigenvalue weighted by atomic mass is 9.93. The van der Waals surface area contributed by atoms with Crippen LogP contribution in [-0.4, -0.2) is 0 Å². The first-order chi connectivity index (χ1) is 4.92. The first-order valence-corrected chi connectivity index (χ1v) is 4.29. The van der Waals surface area contributed by atoms with Gasteiger partial charge in [0, 0.05) is 5.92 Å². The number of allylic oxidation sites excluding steroid dienone is 4. The molecule has 0 radical (unpaired) electrons. The molecule has 1 fully saturated rings. The van der Waals surface area contributed by atoms with Gasteiger partial charge in [0.05, 0.1) is 0 Å². The highest BCUT2D eigenvalue weighted by Crippen LogP contribution is 2.41. The summed E-state index contributed by atoms with van der Waals surface area (Å²) in [5.74, 6) is 1.80. The highest BCUT2D eigenvalue weighted by atomic mass is 14.3. The zero-order chi connectivity index (χ0) is 6.97. The van der Waals surface area contributed by atoms with Gasteiger partial charge in [0.25, 0.3) is 0 Å². The quantitative estimate of drug-likeness (QED) is 0.517. The Morgan fingerprint density at radius 2 is 2.50 bits per heavy atom. The van der Waals surface area contributed by atoms with Crippen LogP contribution >= 0.6 is 0 Å². The summed E-state index contributed by atoms with van der Waals surface area (Å²) in [6, 6.07) is 0. The third-order valence-electron chi connectivity index (χ3n) is 2.89. The van der Waals surface area contributed by atoms with Crippen LogP contribution in [-0.2, 0) is 0 Å². The van der Waals surface area contributed by atoms with Crippen molar-refractivity contribution in [2.75, 3.05) is 0 Å². The van der Waals surface area contributed by atoms with Crippen LogP contribution in [0.2, 0.25) is 0 Å². The van der Waals surface area contributed by atoms with E-state index in [-0.39, 0.29) is 0 Å². The Bertz CT molecular complexity index is 186. The van der Waals surface area contributed by atoms with Crippen LogP contribution in [0.4, 0.5) is 0 Å². The average Bonchev–Trinajstić information content (AvgIpc) is 2.44. The SMILES string of the molecule is CCC1CCC2=CC=CC21. The first-order valence-electron chi connectivity index (χ1n) is 4.29. The Morgan fingerprint density at radius 1 is 1.60 bits per heavy atom. The lowest BCUT2D eigenvalue weighted by Gasteiger charge is -2.11. The minimum absolute atomic E-state index is 0.838. The summed E-state index contributed by atoms with van der Waals surface area (Å²) in [5.41, 5.74) is 1.69. The molecule has 0 aromatic heterocycles. The Morgan fingerprint density at radius 3 is 3.30 bits per heavy atom. The van der Waals surface area contributed by atoms with Gasteiger partial charge < -0.3 is 0 Å². The van der Waals surface area contributed by atoms with Crippen molar-refractivity contribution in [1.29, 1.82) is 0 Å². The van der Waals surface area contributed by atoms with Crippen LogP contribution < -0.4 is 0 Å². The van der Waals surface area contributed by atoms with Crippen LogP contribution in [0.15, 0.2) is 23.8 Å². The van der Waals surface area contributed by atoms with Crippen LogP contribution in [0, 0.1) is 11.8 Å². The van der Waals surface area contributed by atoms with Gasteiger partial charge in [0.1, 0.15) is 0 Å². The average molecular weight is 134 g/mol. The predicted octanol–water partition coefficient (Wildman–Crippen LogP) is 2.92. The number of rotatable bonds is 1. The lowest BCUT2D eigenvalue weighted by molar-refractivity contribution is 0.469. The summed E-state index contributed by atoms with van der Waals surface area (Å²) in [6.45, 7) is 2.31. The molecule has 2 rings (SSSR count). The molecule has 0 aromatic rings. The van der Waals surface area contributed by atoms with Crippen molar-refractivity contribution in [1.82, 2.24) is 0 Å². The molecule has 2 unspecified atom stereocenters. The summed E-state index contributed by atoms with van der Waals surface area (Å²) in [6.07, 6.45) is 11.0. The Labute approximate surface area is 62.6 Å². The fourth-order valence-corrected chi connectivity index (χ4v) is 2.23. The minimum Gasteiger partial charge on any atom is -0.0771 e. The molecule has 0 aromatic carbocycles. The second-order valence-electron chi connectivity index (χ2n) is 3.36. The maximum Gasteiger partial charge on any atom is 0.00113 e. The van der Waals surface area contributed by atoms with E-state index >= 15 is 0 Å². The predicted molar refractivity (Wildman–Crippen MR) is 43.7 cm³/mol. The van der Waals surface area contributed by atoms with Gasteiger partial charge in [0.2, 0.25) is 0 Å². The molecule has 2 aliphatic carbocycles. The largest absolute Gasteiger partial charge is 0.0771 e. The Balaban J connectivity index is 2.17. The molecule has 2 aliphatic rings. The first kappa shape index (κ1) is 6.21. The van der Waals surface area contributed by atoms with E-state index in [4.69, 9.17) is 0 Å². The number of fused-ring (bicyclic) bond motifs is 1. The standard InChI is InChI=1S/C10H14/c1-2-8-6-7-9-4-3-5-10(8)9/h3-5,8,10H,2,6-7H2,1H3. The Hall–Kier alpha value is -0.520. The zero-order valence-electron chi connectivity index (χ0n) is 6.51. The van der Waals surface area contributed by atoms with E-state index in [9.17, 15) is 0 Å². The monoisotopic (exact) mass is 134 g/mol. The molecular weight excluding hydrogens is 120 g/mol. The maximum atomic E-state index is 2.37. The molecule has 0 nitrogen and oxygen atoms in total. The fraction of sp³-hybridized carbons (Fsp3) is 0.600. The summed E-state index contributed by atoms with van der Waals surface area (Å²) in [5, 5.41) is 0. The maximum absolute atomic E-state index is 2.37. The summed E-state index contributed by atoms with van der Waals surface area (Å²) < 4.78 is 0. The smallest absolute Gasteiger partial charge is 0.00113 e. The molecular formula is C10H14. The highest BCUT2D eigenvalue weighted by Gasteiger charge is 2.29. The topological polar surface area (TPSA) is 0 Å². The van der Waals surface area contributed by atoms with Crippen molar-refractivity contribution >= 4 is 0 Å². The molecule has 0 N–H and O–H groups in total. The second-order valence-corrected chi connectivity index (χ2v) is 3.36. The van der Waals surface area contributed by atoms with Crippen molar-refractivity contribution in [3.8, 4) is 0 Å². The third kappa shape index (κ3) is 0.749. The van der Waals surface area contributed by atoms with E-state index in [1.54, 1.807) is 5.57 Å². The van der Waals surface area contributed by atoms with Crippen molar-refractivity contribution in [3.63, 3.8) is 0 Å². The summed E-state index contributed by atoms with van der Waals surface area (Å²) in [4.78, 5) is 0. The number of hydrogen-bond donors (Lipinski definition) is 0. The van der Waals surface area contributed by atoms with Crippen LogP contribution in [0.25, 0.3) is 0 Å². The van der Waals surface area contributed by atoms with E-state index in [1.165, 1.54) is 19.3 Å². The molecule has 0 amide bonds. The van der Waals surface area contributed by atoms with Gasteiger partial charge in [-0.25, -0.2) is 0 Å². The van der Waals surface area contributed by atoms with Gasteiger partial charge in [-0.3, -0.25) is 0 Å². The molecule has 0 aliphatic heterocycles.